The minimum Gasteiger partial charge on any atom is -0.482 e. The molecular weight excluding hydrogens is 358 g/mol. The second-order valence-electron chi connectivity index (χ2n) is 6.94. The predicted molar refractivity (Wildman–Crippen MR) is 107 cm³/mol. The smallest absolute Gasteiger partial charge is 0.323 e. The number of amides is 1. The van der Waals surface area contributed by atoms with Crippen molar-refractivity contribution in [3.05, 3.63) is 69.3 Å². The topological polar surface area (TPSA) is 84.7 Å². The molecule has 1 fully saturated rings. The summed E-state index contributed by atoms with van der Waals surface area (Å²) < 4.78 is 5.76. The molecule has 1 aliphatic rings. The predicted octanol–water partition coefficient (Wildman–Crippen LogP) is 3.31. The molecule has 0 radical (unpaired) electrons. The summed E-state index contributed by atoms with van der Waals surface area (Å²) in [6, 6.07) is 12.6. The van der Waals surface area contributed by atoms with Crippen molar-refractivity contribution in [2.24, 2.45) is 0 Å². The first-order valence-corrected chi connectivity index (χ1v) is 9.51. The van der Waals surface area contributed by atoms with E-state index in [4.69, 9.17) is 4.74 Å². The van der Waals surface area contributed by atoms with Crippen LogP contribution >= 0.6 is 0 Å². The van der Waals surface area contributed by atoms with Gasteiger partial charge in [0.15, 0.2) is 0 Å². The van der Waals surface area contributed by atoms with E-state index in [1.807, 2.05) is 30.3 Å². The molecule has 3 rings (SSSR count). The van der Waals surface area contributed by atoms with Crippen molar-refractivity contribution in [1.29, 1.82) is 0 Å². The summed E-state index contributed by atoms with van der Waals surface area (Å²) in [6.45, 7) is 5.23. The fourth-order valence-corrected chi connectivity index (χ4v) is 3.38. The second kappa shape index (κ2) is 9.32. The van der Waals surface area contributed by atoms with Crippen LogP contribution in [0.15, 0.2) is 42.5 Å². The van der Waals surface area contributed by atoms with Gasteiger partial charge in [-0.2, -0.15) is 0 Å². The first-order valence-electron chi connectivity index (χ1n) is 9.51. The van der Waals surface area contributed by atoms with Crippen LogP contribution in [0, 0.1) is 17.0 Å². The zero-order valence-electron chi connectivity index (χ0n) is 16.0. The molecule has 0 atom stereocenters. The number of carbonyl (C=O) groups excluding carboxylic acids is 1. The Morgan fingerprint density at radius 1 is 1.18 bits per heavy atom. The molecule has 1 saturated heterocycles. The Kier molecular flexibility index (Phi) is 6.60. The lowest BCUT2D eigenvalue weighted by Gasteiger charge is -2.15. The Labute approximate surface area is 164 Å². The third-order valence-corrected chi connectivity index (χ3v) is 4.89. The van der Waals surface area contributed by atoms with Gasteiger partial charge in [-0.05, 0) is 50.0 Å². The lowest BCUT2D eigenvalue weighted by atomic mass is 10.1. The van der Waals surface area contributed by atoms with Crippen LogP contribution in [0.2, 0.25) is 0 Å². The van der Waals surface area contributed by atoms with E-state index in [1.54, 1.807) is 13.0 Å². The van der Waals surface area contributed by atoms with Crippen LogP contribution < -0.4 is 10.1 Å². The summed E-state index contributed by atoms with van der Waals surface area (Å²) in [7, 11) is 0. The first-order chi connectivity index (χ1) is 13.6. The van der Waals surface area contributed by atoms with Crippen molar-refractivity contribution in [1.82, 2.24) is 10.2 Å². The van der Waals surface area contributed by atoms with Gasteiger partial charge < -0.3 is 15.0 Å². The molecule has 0 aliphatic carbocycles. The van der Waals surface area contributed by atoms with Gasteiger partial charge in [-0.1, -0.05) is 36.4 Å². The van der Waals surface area contributed by atoms with Crippen LogP contribution in [0.4, 0.5) is 5.69 Å². The quantitative estimate of drug-likeness (QED) is 0.558. The molecule has 0 aromatic heterocycles. The number of nitro benzene ring substituents is 1. The number of nitrogens with zero attached hydrogens (tertiary/aromatic N) is 2. The number of rotatable bonds is 8. The van der Waals surface area contributed by atoms with Crippen LogP contribution in [0.5, 0.6) is 5.75 Å². The monoisotopic (exact) mass is 383 g/mol. The minimum absolute atomic E-state index is 0.0279. The molecule has 0 bridgehead atoms. The fraction of sp³-hybridized carbons (Fsp3) is 0.381. The summed E-state index contributed by atoms with van der Waals surface area (Å²) in [5.74, 6) is -0.309. The van der Waals surface area contributed by atoms with E-state index in [9.17, 15) is 14.9 Å². The lowest BCUT2D eigenvalue weighted by molar-refractivity contribution is -0.386. The van der Waals surface area contributed by atoms with E-state index in [2.05, 4.69) is 10.2 Å². The van der Waals surface area contributed by atoms with Gasteiger partial charge in [0.05, 0.1) is 4.92 Å². The highest BCUT2D eigenvalue weighted by molar-refractivity contribution is 5.99. The SMILES string of the molecule is Cc1ccc(C(=O)NCCN2CCCC2)c([N+](=O)[O-])c1OCc1ccccc1. The normalized spacial score (nSPS) is 14.0. The van der Waals surface area contributed by atoms with E-state index in [1.165, 1.54) is 18.9 Å². The summed E-state index contributed by atoms with van der Waals surface area (Å²) in [5, 5.41) is 14.5. The number of hydrogen-bond donors (Lipinski definition) is 1. The van der Waals surface area contributed by atoms with Crippen molar-refractivity contribution in [2.75, 3.05) is 26.2 Å². The van der Waals surface area contributed by atoms with Crippen LogP contribution in [0.25, 0.3) is 0 Å². The lowest BCUT2D eigenvalue weighted by Crippen LogP contribution is -2.33. The summed E-state index contributed by atoms with van der Waals surface area (Å²) in [5.41, 5.74) is 1.27. The molecule has 28 heavy (non-hydrogen) atoms. The molecule has 1 amide bonds. The third kappa shape index (κ3) is 4.86. The van der Waals surface area contributed by atoms with Crippen LogP contribution in [0.1, 0.15) is 34.3 Å². The molecule has 7 heteroatoms. The summed E-state index contributed by atoms with van der Waals surface area (Å²) in [6.07, 6.45) is 2.36. The molecule has 0 spiro atoms. The molecule has 0 unspecified atom stereocenters. The molecule has 148 valence electrons. The Balaban J connectivity index is 1.74. The highest BCUT2D eigenvalue weighted by Crippen LogP contribution is 2.35. The number of hydrogen-bond acceptors (Lipinski definition) is 5. The van der Waals surface area contributed by atoms with Crippen molar-refractivity contribution in [2.45, 2.75) is 26.4 Å². The molecule has 1 N–H and O–H groups in total. The van der Waals surface area contributed by atoms with Crippen molar-refractivity contribution in [3.63, 3.8) is 0 Å². The first kappa shape index (κ1) is 19.8. The van der Waals surface area contributed by atoms with Crippen LogP contribution in [0.3, 0.4) is 0 Å². The maximum atomic E-state index is 12.6. The molecule has 0 saturated carbocycles. The summed E-state index contributed by atoms with van der Waals surface area (Å²) >= 11 is 0. The number of likely N-dealkylation sites (tertiary alicyclic amines) is 1. The highest BCUT2D eigenvalue weighted by Gasteiger charge is 2.27. The van der Waals surface area contributed by atoms with E-state index in [0.29, 0.717) is 12.1 Å². The van der Waals surface area contributed by atoms with Crippen molar-refractivity contribution >= 4 is 11.6 Å². The molecular formula is C21H25N3O4. The Bertz CT molecular complexity index is 833. The van der Waals surface area contributed by atoms with Gasteiger partial charge in [-0.25, -0.2) is 0 Å². The number of carbonyl (C=O) groups is 1. The number of benzene rings is 2. The largest absolute Gasteiger partial charge is 0.482 e. The van der Waals surface area contributed by atoms with E-state index < -0.39 is 10.8 Å². The molecule has 1 aliphatic heterocycles. The van der Waals surface area contributed by atoms with Gasteiger partial charge in [0.25, 0.3) is 5.91 Å². The van der Waals surface area contributed by atoms with Gasteiger partial charge in [0.1, 0.15) is 12.2 Å². The molecule has 2 aromatic carbocycles. The van der Waals surface area contributed by atoms with Gasteiger partial charge in [-0.3, -0.25) is 14.9 Å². The minimum atomic E-state index is -0.539. The van der Waals surface area contributed by atoms with Crippen LogP contribution in [-0.4, -0.2) is 41.9 Å². The fourth-order valence-electron chi connectivity index (χ4n) is 3.38. The second-order valence-corrected chi connectivity index (χ2v) is 6.94. The number of nitrogens with one attached hydrogen (secondary N) is 1. The number of nitro groups is 1. The van der Waals surface area contributed by atoms with E-state index >= 15 is 0 Å². The Morgan fingerprint density at radius 3 is 2.57 bits per heavy atom. The zero-order chi connectivity index (χ0) is 19.9. The van der Waals surface area contributed by atoms with Gasteiger partial charge in [0.2, 0.25) is 5.75 Å². The Morgan fingerprint density at radius 2 is 1.89 bits per heavy atom. The Hall–Kier alpha value is -2.93. The van der Waals surface area contributed by atoms with Gasteiger partial charge in [0, 0.05) is 13.1 Å². The highest BCUT2D eigenvalue weighted by atomic mass is 16.6. The zero-order valence-corrected chi connectivity index (χ0v) is 16.0. The maximum absolute atomic E-state index is 12.6. The van der Waals surface area contributed by atoms with Crippen molar-refractivity contribution < 1.29 is 14.5 Å². The van der Waals surface area contributed by atoms with E-state index in [-0.39, 0.29) is 23.6 Å². The van der Waals surface area contributed by atoms with Gasteiger partial charge in [-0.15, -0.1) is 0 Å². The summed E-state index contributed by atoms with van der Waals surface area (Å²) in [4.78, 5) is 26.1. The molecule has 1 heterocycles. The van der Waals surface area contributed by atoms with E-state index in [0.717, 1.165) is 25.2 Å². The van der Waals surface area contributed by atoms with Crippen LogP contribution in [-0.2, 0) is 6.61 Å². The number of aryl methyl sites for hydroxylation is 1. The number of ether oxygens (including phenoxy) is 1. The van der Waals surface area contributed by atoms with Gasteiger partial charge >= 0.3 is 5.69 Å². The van der Waals surface area contributed by atoms with Crippen molar-refractivity contribution in [3.8, 4) is 5.75 Å². The standard InChI is InChI=1S/C21H25N3O4/c1-16-9-10-18(21(25)22-11-14-23-12-5-6-13-23)19(24(26)27)20(16)28-15-17-7-3-2-4-8-17/h2-4,7-10H,5-6,11-15H2,1H3,(H,22,25). The average Bonchev–Trinajstić information content (AvgIpc) is 3.20. The molecule has 2 aromatic rings. The molecule has 7 nitrogen and oxygen atoms in total. The maximum Gasteiger partial charge on any atom is 0.323 e. The average molecular weight is 383 g/mol. The third-order valence-electron chi connectivity index (χ3n) is 4.89.